The van der Waals surface area contributed by atoms with Gasteiger partial charge in [0.2, 0.25) is 0 Å². The summed E-state index contributed by atoms with van der Waals surface area (Å²) < 4.78 is 0. The van der Waals surface area contributed by atoms with Gasteiger partial charge in [-0.2, -0.15) is 0 Å². The Morgan fingerprint density at radius 2 is 2.00 bits per heavy atom. The summed E-state index contributed by atoms with van der Waals surface area (Å²) in [5, 5.41) is 0. The smallest absolute Gasteiger partial charge is 0.156 e. The first kappa shape index (κ1) is 9.71. The van der Waals surface area contributed by atoms with E-state index in [0.717, 1.165) is 24.1 Å². The third-order valence-electron chi connectivity index (χ3n) is 2.49. The molecule has 1 aromatic rings. The first-order valence-corrected chi connectivity index (χ1v) is 4.92. The molecule has 0 radical (unpaired) electrons. The maximum Gasteiger partial charge on any atom is 0.156 e. The maximum atomic E-state index is 11.2. The van der Waals surface area contributed by atoms with E-state index < -0.39 is 0 Å². The lowest BCUT2D eigenvalue weighted by Gasteiger charge is -2.12. The summed E-state index contributed by atoms with van der Waals surface area (Å²) in [6.07, 6.45) is 4.05. The molecule has 4 N–H and O–H groups in total. The summed E-state index contributed by atoms with van der Waals surface area (Å²) in [5.74, 6) is 0.486. The van der Waals surface area contributed by atoms with Crippen LogP contribution in [0, 0.1) is 0 Å². The largest absolute Gasteiger partial charge is 0.396 e. The molecule has 4 nitrogen and oxygen atoms in total. The van der Waals surface area contributed by atoms with Crippen molar-refractivity contribution < 1.29 is 4.79 Å². The third kappa shape index (κ3) is 1.98. The van der Waals surface area contributed by atoms with Crippen molar-refractivity contribution in [2.45, 2.75) is 19.3 Å². The summed E-state index contributed by atoms with van der Waals surface area (Å²) in [7, 11) is 0. The van der Waals surface area contributed by atoms with Crippen LogP contribution in [-0.4, -0.2) is 10.8 Å². The number of nitrogens with two attached hydrogens (primary N) is 2. The number of allylic oxidation sites excluding steroid dienone is 2. The molecule has 0 bridgehead atoms. The quantitative estimate of drug-likeness (QED) is 0.722. The van der Waals surface area contributed by atoms with E-state index in [1.807, 2.05) is 0 Å². The zero-order chi connectivity index (χ0) is 10.8. The standard InChI is InChI=1S/C11H13N3O/c12-9-4-5-10(14-11(9)13)7-2-1-3-8(15)6-7/h4-6H,1-3,12H2,(H2,13,14). The zero-order valence-electron chi connectivity index (χ0n) is 8.36. The number of anilines is 2. The van der Waals surface area contributed by atoms with Gasteiger partial charge in [0.15, 0.2) is 5.78 Å². The number of nitrogens with zero attached hydrogens (tertiary/aromatic N) is 1. The molecule has 2 rings (SSSR count). The van der Waals surface area contributed by atoms with Gasteiger partial charge in [-0.05, 0) is 36.6 Å². The van der Waals surface area contributed by atoms with E-state index in [0.29, 0.717) is 17.9 Å². The Morgan fingerprint density at radius 1 is 1.20 bits per heavy atom. The van der Waals surface area contributed by atoms with E-state index in [4.69, 9.17) is 11.5 Å². The first-order valence-electron chi connectivity index (χ1n) is 4.92. The fraction of sp³-hybridized carbons (Fsp3) is 0.273. The third-order valence-corrected chi connectivity index (χ3v) is 2.49. The van der Waals surface area contributed by atoms with Gasteiger partial charge >= 0.3 is 0 Å². The Bertz CT molecular complexity index is 437. The number of aromatic nitrogens is 1. The van der Waals surface area contributed by atoms with Gasteiger partial charge in [-0.15, -0.1) is 0 Å². The number of nitrogen functional groups attached to an aromatic ring is 2. The maximum absolute atomic E-state index is 11.2. The van der Waals surface area contributed by atoms with Crippen molar-refractivity contribution in [1.82, 2.24) is 4.98 Å². The van der Waals surface area contributed by atoms with Gasteiger partial charge < -0.3 is 11.5 Å². The molecule has 1 aromatic heterocycles. The lowest BCUT2D eigenvalue weighted by Crippen LogP contribution is -2.05. The molecule has 0 aliphatic heterocycles. The average Bonchev–Trinajstić information content (AvgIpc) is 2.22. The molecule has 0 saturated heterocycles. The average molecular weight is 203 g/mol. The molecule has 0 amide bonds. The number of hydrogen-bond donors (Lipinski definition) is 2. The van der Waals surface area contributed by atoms with Crippen LogP contribution in [0.2, 0.25) is 0 Å². The monoisotopic (exact) mass is 203 g/mol. The zero-order valence-corrected chi connectivity index (χ0v) is 8.36. The van der Waals surface area contributed by atoms with Crippen LogP contribution in [0.1, 0.15) is 25.0 Å². The Hall–Kier alpha value is -1.84. The van der Waals surface area contributed by atoms with Gasteiger partial charge in [-0.3, -0.25) is 4.79 Å². The van der Waals surface area contributed by atoms with Gasteiger partial charge in [0.1, 0.15) is 5.82 Å². The van der Waals surface area contributed by atoms with E-state index in [-0.39, 0.29) is 5.78 Å². The molecular formula is C11H13N3O. The van der Waals surface area contributed by atoms with Crippen molar-refractivity contribution in [2.75, 3.05) is 11.5 Å². The molecule has 4 heteroatoms. The minimum Gasteiger partial charge on any atom is -0.396 e. The number of hydrogen-bond acceptors (Lipinski definition) is 4. The fourth-order valence-electron chi connectivity index (χ4n) is 1.66. The molecule has 15 heavy (non-hydrogen) atoms. The highest BCUT2D eigenvalue weighted by Gasteiger charge is 2.13. The Labute approximate surface area is 88.0 Å². The normalized spacial score (nSPS) is 16.3. The second-order valence-electron chi connectivity index (χ2n) is 3.66. The van der Waals surface area contributed by atoms with Crippen molar-refractivity contribution in [1.29, 1.82) is 0 Å². The molecule has 0 spiro atoms. The highest BCUT2D eigenvalue weighted by atomic mass is 16.1. The Morgan fingerprint density at radius 3 is 2.67 bits per heavy atom. The van der Waals surface area contributed by atoms with Crippen molar-refractivity contribution in [3.63, 3.8) is 0 Å². The lowest BCUT2D eigenvalue weighted by atomic mass is 9.96. The lowest BCUT2D eigenvalue weighted by molar-refractivity contribution is -0.114. The van der Waals surface area contributed by atoms with Crippen molar-refractivity contribution in [3.05, 3.63) is 23.9 Å². The second-order valence-corrected chi connectivity index (χ2v) is 3.66. The van der Waals surface area contributed by atoms with Crippen molar-refractivity contribution >= 4 is 22.9 Å². The van der Waals surface area contributed by atoms with Crippen LogP contribution >= 0.6 is 0 Å². The van der Waals surface area contributed by atoms with Gasteiger partial charge in [-0.25, -0.2) is 4.98 Å². The first-order chi connectivity index (χ1) is 7.16. The number of carbonyl (C=O) groups is 1. The molecule has 0 unspecified atom stereocenters. The number of ketones is 1. The van der Waals surface area contributed by atoms with E-state index in [2.05, 4.69) is 4.98 Å². The van der Waals surface area contributed by atoms with Crippen LogP contribution in [0.3, 0.4) is 0 Å². The highest BCUT2D eigenvalue weighted by molar-refractivity contribution is 5.98. The van der Waals surface area contributed by atoms with Crippen LogP contribution < -0.4 is 11.5 Å². The minimum absolute atomic E-state index is 0.161. The highest BCUT2D eigenvalue weighted by Crippen LogP contribution is 2.25. The molecule has 0 fully saturated rings. The van der Waals surface area contributed by atoms with Crippen molar-refractivity contribution in [3.8, 4) is 0 Å². The molecule has 0 atom stereocenters. The molecule has 1 aliphatic rings. The van der Waals surface area contributed by atoms with E-state index in [9.17, 15) is 4.79 Å². The predicted octanol–water partition coefficient (Wildman–Crippen LogP) is 1.38. The molecule has 0 aromatic carbocycles. The summed E-state index contributed by atoms with van der Waals surface area (Å²) in [5.41, 5.74) is 13.4. The Balaban J connectivity index is 2.37. The minimum atomic E-state index is 0.161. The van der Waals surface area contributed by atoms with Crippen LogP contribution in [0.15, 0.2) is 18.2 Å². The van der Waals surface area contributed by atoms with Crippen LogP contribution in [-0.2, 0) is 4.79 Å². The predicted molar refractivity (Wildman–Crippen MR) is 59.9 cm³/mol. The Kier molecular flexibility index (Phi) is 2.41. The molecule has 78 valence electrons. The number of carbonyl (C=O) groups excluding carboxylic acids is 1. The van der Waals surface area contributed by atoms with Gasteiger partial charge in [0, 0.05) is 6.42 Å². The summed E-state index contributed by atoms with van der Waals surface area (Å²) in [4.78, 5) is 15.4. The van der Waals surface area contributed by atoms with Gasteiger partial charge in [-0.1, -0.05) is 0 Å². The van der Waals surface area contributed by atoms with Crippen LogP contribution in [0.4, 0.5) is 11.5 Å². The number of rotatable bonds is 1. The summed E-state index contributed by atoms with van der Waals surface area (Å²) >= 11 is 0. The molecule has 0 saturated carbocycles. The van der Waals surface area contributed by atoms with Crippen LogP contribution in [0.25, 0.3) is 5.57 Å². The fourth-order valence-corrected chi connectivity index (χ4v) is 1.66. The number of pyridine rings is 1. The SMILES string of the molecule is Nc1ccc(C2=CC(=O)CCC2)nc1N. The summed E-state index contributed by atoms with van der Waals surface area (Å²) in [6.45, 7) is 0. The molecular weight excluding hydrogens is 190 g/mol. The van der Waals surface area contributed by atoms with E-state index in [1.54, 1.807) is 18.2 Å². The van der Waals surface area contributed by atoms with Crippen LogP contribution in [0.5, 0.6) is 0 Å². The molecule has 1 heterocycles. The van der Waals surface area contributed by atoms with Crippen molar-refractivity contribution in [2.24, 2.45) is 0 Å². The van der Waals surface area contributed by atoms with Gasteiger partial charge in [0.25, 0.3) is 0 Å². The van der Waals surface area contributed by atoms with Gasteiger partial charge in [0.05, 0.1) is 11.4 Å². The second kappa shape index (κ2) is 3.73. The topological polar surface area (TPSA) is 82.0 Å². The molecule has 1 aliphatic carbocycles. The van der Waals surface area contributed by atoms with E-state index >= 15 is 0 Å². The van der Waals surface area contributed by atoms with E-state index in [1.165, 1.54) is 0 Å². The summed E-state index contributed by atoms with van der Waals surface area (Å²) in [6, 6.07) is 3.52.